The molecular weight excluding hydrogens is 272 g/mol. The lowest BCUT2D eigenvalue weighted by atomic mass is 9.88. The highest BCUT2D eigenvalue weighted by Crippen LogP contribution is 2.28. The topological polar surface area (TPSA) is 49.4 Å². The summed E-state index contributed by atoms with van der Waals surface area (Å²) < 4.78 is 0. The molecule has 1 heterocycles. The molecule has 0 bridgehead atoms. The van der Waals surface area contributed by atoms with Crippen molar-refractivity contribution in [1.29, 1.82) is 0 Å². The number of carbonyl (C=O) groups excluding carboxylic acids is 2. The Labute approximate surface area is 123 Å². The Hall–Kier alpha value is -1.49. The lowest BCUT2D eigenvalue weighted by molar-refractivity contribution is -0.136. The van der Waals surface area contributed by atoms with Crippen LogP contribution in [-0.4, -0.2) is 30.2 Å². The van der Waals surface area contributed by atoms with Crippen LogP contribution in [0.3, 0.4) is 0 Å². The van der Waals surface area contributed by atoms with Gasteiger partial charge in [0.15, 0.2) is 0 Å². The van der Waals surface area contributed by atoms with Crippen LogP contribution in [0.4, 0.5) is 5.69 Å². The van der Waals surface area contributed by atoms with E-state index in [4.69, 9.17) is 0 Å². The van der Waals surface area contributed by atoms with E-state index in [1.54, 1.807) is 16.7 Å². The van der Waals surface area contributed by atoms with Gasteiger partial charge in [0.25, 0.3) is 5.91 Å². The van der Waals surface area contributed by atoms with Crippen LogP contribution in [-0.2, 0) is 9.59 Å². The maximum absolute atomic E-state index is 12.8. The van der Waals surface area contributed by atoms with Gasteiger partial charge in [0.2, 0.25) is 5.91 Å². The van der Waals surface area contributed by atoms with Gasteiger partial charge in [0, 0.05) is 10.6 Å². The van der Waals surface area contributed by atoms with E-state index in [0.29, 0.717) is 12.8 Å². The Bertz CT molecular complexity index is 526. The predicted octanol–water partition coefficient (Wildman–Crippen LogP) is 2.43. The first kappa shape index (κ1) is 14.9. The number of hydrogen-bond acceptors (Lipinski definition) is 3. The molecule has 1 aliphatic rings. The number of carbonyl (C=O) groups is 2. The van der Waals surface area contributed by atoms with Crippen LogP contribution in [0.5, 0.6) is 0 Å². The molecular formula is C15H20N2O2S. The molecule has 4 nitrogen and oxygen atoms in total. The maximum atomic E-state index is 12.8. The molecule has 1 N–H and O–H groups in total. The van der Waals surface area contributed by atoms with E-state index in [-0.39, 0.29) is 18.4 Å². The molecule has 1 fully saturated rings. The minimum absolute atomic E-state index is 0.0136. The molecule has 0 saturated carbocycles. The van der Waals surface area contributed by atoms with E-state index in [1.807, 2.05) is 44.4 Å². The molecule has 0 radical (unpaired) electrons. The number of anilines is 1. The van der Waals surface area contributed by atoms with E-state index in [1.165, 1.54) is 0 Å². The van der Waals surface area contributed by atoms with Gasteiger partial charge in [0.05, 0.1) is 0 Å². The zero-order chi connectivity index (χ0) is 14.8. The van der Waals surface area contributed by atoms with Crippen LogP contribution in [0.25, 0.3) is 0 Å². The van der Waals surface area contributed by atoms with Crippen molar-refractivity contribution in [2.24, 2.45) is 0 Å². The number of thioether (sulfide) groups is 1. The van der Waals surface area contributed by atoms with Crippen molar-refractivity contribution in [3.8, 4) is 0 Å². The lowest BCUT2D eigenvalue weighted by Crippen LogP contribution is -2.66. The summed E-state index contributed by atoms with van der Waals surface area (Å²) in [7, 11) is 0. The summed E-state index contributed by atoms with van der Waals surface area (Å²) in [6, 6.07) is 7.75. The fourth-order valence-corrected chi connectivity index (χ4v) is 3.00. The number of piperazine rings is 1. The van der Waals surface area contributed by atoms with Crippen LogP contribution in [0.15, 0.2) is 29.2 Å². The van der Waals surface area contributed by atoms with Crippen molar-refractivity contribution >= 4 is 29.3 Å². The molecule has 1 aromatic carbocycles. The quantitative estimate of drug-likeness (QED) is 0.867. The average molecular weight is 292 g/mol. The molecule has 1 aromatic rings. The Morgan fingerprint density at radius 1 is 1.30 bits per heavy atom. The lowest BCUT2D eigenvalue weighted by Gasteiger charge is -2.41. The Kier molecular flexibility index (Phi) is 4.38. The van der Waals surface area contributed by atoms with Gasteiger partial charge in [-0.1, -0.05) is 19.9 Å². The summed E-state index contributed by atoms with van der Waals surface area (Å²) in [5.41, 5.74) is 0.0352. The second-order valence-electron chi connectivity index (χ2n) is 4.93. The number of hydrogen-bond donors (Lipinski definition) is 1. The third kappa shape index (κ3) is 2.54. The van der Waals surface area contributed by atoms with E-state index in [2.05, 4.69) is 5.32 Å². The van der Waals surface area contributed by atoms with Crippen molar-refractivity contribution in [3.63, 3.8) is 0 Å². The van der Waals surface area contributed by atoms with Crippen molar-refractivity contribution in [3.05, 3.63) is 24.3 Å². The van der Waals surface area contributed by atoms with Gasteiger partial charge >= 0.3 is 0 Å². The molecule has 0 unspecified atom stereocenters. The van der Waals surface area contributed by atoms with E-state index in [9.17, 15) is 9.59 Å². The van der Waals surface area contributed by atoms with Gasteiger partial charge in [-0.05, 0) is 37.3 Å². The maximum Gasteiger partial charge on any atom is 0.253 e. The summed E-state index contributed by atoms with van der Waals surface area (Å²) in [6.45, 7) is 3.96. The van der Waals surface area contributed by atoms with Crippen molar-refractivity contribution in [1.82, 2.24) is 5.32 Å². The Morgan fingerprint density at radius 3 is 2.60 bits per heavy atom. The van der Waals surface area contributed by atoms with E-state index in [0.717, 1.165) is 10.6 Å². The summed E-state index contributed by atoms with van der Waals surface area (Å²) in [6.07, 6.45) is 3.20. The second-order valence-corrected chi connectivity index (χ2v) is 5.81. The van der Waals surface area contributed by atoms with Crippen molar-refractivity contribution < 1.29 is 9.59 Å². The number of amides is 2. The highest BCUT2D eigenvalue weighted by Gasteiger charge is 2.44. The monoisotopic (exact) mass is 292 g/mol. The molecule has 108 valence electrons. The normalized spacial score (nSPS) is 18.1. The number of benzene rings is 1. The first-order chi connectivity index (χ1) is 9.56. The molecule has 0 aliphatic carbocycles. The van der Waals surface area contributed by atoms with Crippen LogP contribution in [0, 0.1) is 0 Å². The van der Waals surface area contributed by atoms with Crippen LogP contribution in [0.1, 0.15) is 26.7 Å². The highest BCUT2D eigenvalue weighted by atomic mass is 32.2. The van der Waals surface area contributed by atoms with Gasteiger partial charge < -0.3 is 10.2 Å². The molecule has 0 spiro atoms. The number of rotatable bonds is 4. The minimum Gasteiger partial charge on any atom is -0.340 e. The molecule has 0 aromatic heterocycles. The second kappa shape index (κ2) is 5.87. The van der Waals surface area contributed by atoms with E-state index >= 15 is 0 Å². The Balaban J connectivity index is 2.39. The summed E-state index contributed by atoms with van der Waals surface area (Å²) in [5, 5.41) is 2.87. The molecule has 0 atom stereocenters. The summed E-state index contributed by atoms with van der Waals surface area (Å²) >= 11 is 1.62. The minimum atomic E-state index is -0.759. The molecule has 5 heteroatoms. The number of nitrogens with one attached hydrogen (secondary N) is 1. The number of nitrogens with zero attached hydrogens (tertiary/aromatic N) is 1. The standard InChI is InChI=1S/C15H20N2O2S/c1-4-15(5-2)14(19)17(10-13(18)16-15)11-7-6-8-12(9-11)20-3/h6-9H,4-5,10H2,1-3H3,(H,16,18). The smallest absolute Gasteiger partial charge is 0.253 e. The zero-order valence-corrected chi connectivity index (χ0v) is 12.9. The van der Waals surface area contributed by atoms with Crippen molar-refractivity contribution in [2.45, 2.75) is 37.1 Å². The molecule has 1 saturated heterocycles. The van der Waals surface area contributed by atoms with Gasteiger partial charge in [-0.3, -0.25) is 9.59 Å². The Morgan fingerprint density at radius 2 is 2.00 bits per heavy atom. The van der Waals surface area contributed by atoms with Crippen LogP contribution >= 0.6 is 11.8 Å². The first-order valence-electron chi connectivity index (χ1n) is 6.83. The summed E-state index contributed by atoms with van der Waals surface area (Å²) in [4.78, 5) is 27.4. The first-order valence-corrected chi connectivity index (χ1v) is 8.06. The van der Waals surface area contributed by atoms with Crippen LogP contribution < -0.4 is 10.2 Å². The molecule has 20 heavy (non-hydrogen) atoms. The predicted molar refractivity (Wildman–Crippen MR) is 82.0 cm³/mol. The van der Waals surface area contributed by atoms with Gasteiger partial charge in [0.1, 0.15) is 12.1 Å². The fraction of sp³-hybridized carbons (Fsp3) is 0.467. The zero-order valence-electron chi connectivity index (χ0n) is 12.1. The molecule has 1 aliphatic heterocycles. The van der Waals surface area contributed by atoms with Crippen LogP contribution in [0.2, 0.25) is 0 Å². The van der Waals surface area contributed by atoms with Crippen molar-refractivity contribution in [2.75, 3.05) is 17.7 Å². The van der Waals surface area contributed by atoms with Gasteiger partial charge in [-0.2, -0.15) is 0 Å². The van der Waals surface area contributed by atoms with Gasteiger partial charge in [-0.15, -0.1) is 11.8 Å². The third-order valence-electron chi connectivity index (χ3n) is 3.91. The van der Waals surface area contributed by atoms with E-state index < -0.39 is 5.54 Å². The molecule has 2 rings (SSSR count). The fourth-order valence-electron chi connectivity index (χ4n) is 2.55. The third-order valence-corrected chi connectivity index (χ3v) is 4.63. The largest absolute Gasteiger partial charge is 0.340 e. The highest BCUT2D eigenvalue weighted by molar-refractivity contribution is 7.98. The molecule has 2 amide bonds. The summed E-state index contributed by atoms with van der Waals surface area (Å²) in [5.74, 6) is -0.108. The SMILES string of the molecule is CCC1(CC)NC(=O)CN(c2cccc(SC)c2)C1=O. The average Bonchev–Trinajstić information content (AvgIpc) is 2.49. The van der Waals surface area contributed by atoms with Gasteiger partial charge in [-0.25, -0.2) is 0 Å².